The number of benzene rings is 2. The molecule has 4 nitrogen and oxygen atoms in total. The van der Waals surface area contributed by atoms with Crippen molar-refractivity contribution in [1.29, 1.82) is 0 Å². The van der Waals surface area contributed by atoms with Crippen molar-refractivity contribution in [2.75, 3.05) is 6.61 Å². The fourth-order valence-electron chi connectivity index (χ4n) is 2.34. The van der Waals surface area contributed by atoms with Crippen molar-refractivity contribution in [3.05, 3.63) is 53.3 Å². The average molecular weight is 332 g/mol. The Bertz CT molecular complexity index is 748. The van der Waals surface area contributed by atoms with Crippen LogP contribution in [-0.2, 0) is 10.4 Å². The highest BCUT2D eigenvalue weighted by atomic mass is 19.1. The highest BCUT2D eigenvalue weighted by Gasteiger charge is 2.19. The largest absolute Gasteiger partial charge is 0.492 e. The molecule has 0 radical (unpaired) electrons. The van der Waals surface area contributed by atoms with Gasteiger partial charge in [0.15, 0.2) is 0 Å². The Morgan fingerprint density at radius 3 is 2.46 bits per heavy atom. The fraction of sp³-hybridized carbons (Fsp3) is 0.316. The van der Waals surface area contributed by atoms with Crippen LogP contribution in [0, 0.1) is 12.7 Å². The number of hydrogen-bond acceptors (Lipinski definition) is 3. The number of aliphatic hydroxyl groups is 1. The number of ether oxygens (including phenoxy) is 1. The zero-order valence-electron chi connectivity index (χ0n) is 14.0. The topological polar surface area (TPSA) is 66.8 Å². The molecule has 24 heavy (non-hydrogen) atoms. The quantitative estimate of drug-likeness (QED) is 0.842. The van der Waals surface area contributed by atoms with Gasteiger partial charge in [0.05, 0.1) is 18.6 Å². The van der Waals surface area contributed by atoms with E-state index in [0.29, 0.717) is 22.4 Å². The van der Waals surface area contributed by atoms with Crippen LogP contribution in [0.3, 0.4) is 0 Å². The second-order valence-electron chi connectivity index (χ2n) is 6.25. The molecule has 2 rings (SSSR count). The van der Waals surface area contributed by atoms with Gasteiger partial charge in [0.1, 0.15) is 11.6 Å². The van der Waals surface area contributed by atoms with Crippen molar-refractivity contribution in [3.8, 4) is 16.9 Å². The monoisotopic (exact) mass is 332 g/mol. The number of hydrogen-bond donors (Lipinski definition) is 2. The van der Waals surface area contributed by atoms with Gasteiger partial charge in [-0.15, -0.1) is 0 Å². The summed E-state index contributed by atoms with van der Waals surface area (Å²) in [4.78, 5) is 10.6. The van der Waals surface area contributed by atoms with E-state index >= 15 is 0 Å². The maximum Gasteiger partial charge on any atom is 0.306 e. The molecule has 0 aliphatic heterocycles. The first-order valence-corrected chi connectivity index (χ1v) is 7.66. The van der Waals surface area contributed by atoms with Crippen LogP contribution in [0.5, 0.6) is 5.75 Å². The molecule has 0 spiro atoms. The van der Waals surface area contributed by atoms with Crippen LogP contribution in [0.4, 0.5) is 4.39 Å². The van der Waals surface area contributed by atoms with E-state index in [4.69, 9.17) is 9.84 Å². The number of carboxylic acids is 1. The smallest absolute Gasteiger partial charge is 0.306 e. The minimum Gasteiger partial charge on any atom is -0.492 e. The van der Waals surface area contributed by atoms with Crippen molar-refractivity contribution in [2.24, 2.45) is 0 Å². The average Bonchev–Trinajstić information content (AvgIpc) is 2.47. The highest BCUT2D eigenvalue weighted by Crippen LogP contribution is 2.34. The highest BCUT2D eigenvalue weighted by molar-refractivity contribution is 5.72. The van der Waals surface area contributed by atoms with Gasteiger partial charge in [-0.25, -0.2) is 4.39 Å². The maximum atomic E-state index is 14.6. The van der Waals surface area contributed by atoms with E-state index in [0.717, 1.165) is 5.56 Å². The number of rotatable bonds is 6. The second-order valence-corrected chi connectivity index (χ2v) is 6.25. The van der Waals surface area contributed by atoms with Crippen LogP contribution in [0.15, 0.2) is 36.4 Å². The molecule has 0 aliphatic carbocycles. The van der Waals surface area contributed by atoms with Crippen LogP contribution < -0.4 is 4.74 Å². The molecule has 5 heteroatoms. The Morgan fingerprint density at radius 2 is 1.88 bits per heavy atom. The number of carbonyl (C=O) groups is 1. The van der Waals surface area contributed by atoms with Crippen molar-refractivity contribution in [3.63, 3.8) is 0 Å². The lowest BCUT2D eigenvalue weighted by Crippen LogP contribution is -2.15. The maximum absolute atomic E-state index is 14.6. The van der Waals surface area contributed by atoms with Crippen LogP contribution in [0.1, 0.15) is 31.4 Å². The van der Waals surface area contributed by atoms with E-state index in [1.807, 2.05) is 13.0 Å². The van der Waals surface area contributed by atoms with E-state index in [1.54, 1.807) is 38.1 Å². The Morgan fingerprint density at radius 1 is 1.17 bits per heavy atom. The first kappa shape index (κ1) is 17.9. The fourth-order valence-corrected chi connectivity index (χ4v) is 2.34. The van der Waals surface area contributed by atoms with Crippen LogP contribution in [0.2, 0.25) is 0 Å². The molecule has 128 valence electrons. The summed E-state index contributed by atoms with van der Waals surface area (Å²) in [5.74, 6) is -0.996. The van der Waals surface area contributed by atoms with Crippen LogP contribution in [0.25, 0.3) is 11.1 Å². The molecule has 0 fully saturated rings. The van der Waals surface area contributed by atoms with Gasteiger partial charge < -0.3 is 14.9 Å². The molecular weight excluding hydrogens is 311 g/mol. The molecule has 2 aromatic carbocycles. The number of aliphatic carboxylic acids is 1. The summed E-state index contributed by atoms with van der Waals surface area (Å²) >= 11 is 0. The number of carboxylic acid groups (broad SMARTS) is 1. The second kappa shape index (κ2) is 7.01. The molecule has 0 aliphatic rings. The molecule has 0 saturated heterocycles. The molecule has 0 heterocycles. The predicted molar refractivity (Wildman–Crippen MR) is 89.6 cm³/mol. The van der Waals surface area contributed by atoms with Crippen LogP contribution >= 0.6 is 0 Å². The zero-order chi connectivity index (χ0) is 17.9. The van der Waals surface area contributed by atoms with Gasteiger partial charge >= 0.3 is 5.97 Å². The number of halogens is 1. The number of aryl methyl sites for hydroxylation is 1. The standard InChI is InChI=1S/C19H21FO4/c1-12-4-7-17(24-9-8-18(21)22)15(10-12)14-6-5-13(11-16(14)20)19(2,3)23/h4-7,10-11,23H,8-9H2,1-3H3,(H,21,22). The van der Waals surface area contributed by atoms with Gasteiger partial charge in [-0.1, -0.05) is 23.8 Å². The molecule has 2 aromatic rings. The van der Waals surface area contributed by atoms with E-state index < -0.39 is 17.4 Å². The first-order chi connectivity index (χ1) is 11.2. The molecule has 0 atom stereocenters. The molecule has 2 N–H and O–H groups in total. The van der Waals surface area contributed by atoms with E-state index in [2.05, 4.69) is 0 Å². The first-order valence-electron chi connectivity index (χ1n) is 7.66. The lowest BCUT2D eigenvalue weighted by molar-refractivity contribution is -0.137. The van der Waals surface area contributed by atoms with Crippen molar-refractivity contribution in [2.45, 2.75) is 32.8 Å². The summed E-state index contributed by atoms with van der Waals surface area (Å²) in [6.07, 6.45) is -0.132. The summed E-state index contributed by atoms with van der Waals surface area (Å²) in [6.45, 7) is 5.07. The lowest BCUT2D eigenvalue weighted by atomic mass is 9.94. The zero-order valence-corrected chi connectivity index (χ0v) is 14.0. The summed E-state index contributed by atoms with van der Waals surface area (Å²) in [6, 6.07) is 9.89. The molecule has 0 aromatic heterocycles. The van der Waals surface area contributed by atoms with Gasteiger partial charge in [-0.3, -0.25) is 4.79 Å². The summed E-state index contributed by atoms with van der Waals surface area (Å²) in [5, 5.41) is 18.7. The predicted octanol–water partition coefficient (Wildman–Crippen LogP) is 3.88. The minimum atomic E-state index is -1.13. The van der Waals surface area contributed by atoms with Crippen LogP contribution in [-0.4, -0.2) is 22.8 Å². The Hall–Kier alpha value is -2.40. The van der Waals surface area contributed by atoms with E-state index in [9.17, 15) is 14.3 Å². The molecule has 0 amide bonds. The van der Waals surface area contributed by atoms with Crippen molar-refractivity contribution < 1.29 is 24.1 Å². The summed E-state index contributed by atoms with van der Waals surface area (Å²) in [5.41, 5.74) is 1.18. The molecule has 0 bridgehead atoms. The van der Waals surface area contributed by atoms with Gasteiger partial charge in [-0.2, -0.15) is 0 Å². The Kier molecular flexibility index (Phi) is 5.24. The third kappa shape index (κ3) is 4.32. The van der Waals surface area contributed by atoms with Crippen molar-refractivity contribution in [1.82, 2.24) is 0 Å². The molecular formula is C19H21FO4. The summed E-state index contributed by atoms with van der Waals surface area (Å²) in [7, 11) is 0. The lowest BCUT2D eigenvalue weighted by Gasteiger charge is -2.19. The van der Waals surface area contributed by atoms with E-state index in [1.165, 1.54) is 6.07 Å². The van der Waals surface area contributed by atoms with Gasteiger partial charge in [0.25, 0.3) is 0 Å². The third-order valence-corrected chi connectivity index (χ3v) is 3.67. The Labute approximate surface area is 140 Å². The Balaban J connectivity index is 2.40. The third-order valence-electron chi connectivity index (χ3n) is 3.67. The van der Waals surface area contributed by atoms with Crippen molar-refractivity contribution >= 4 is 5.97 Å². The van der Waals surface area contributed by atoms with Gasteiger partial charge in [-0.05, 0) is 44.5 Å². The van der Waals surface area contributed by atoms with E-state index in [-0.39, 0.29) is 13.0 Å². The molecule has 0 unspecified atom stereocenters. The summed E-state index contributed by atoms with van der Waals surface area (Å²) < 4.78 is 20.1. The van der Waals surface area contributed by atoms with Gasteiger partial charge in [0, 0.05) is 11.1 Å². The normalized spacial score (nSPS) is 11.4. The SMILES string of the molecule is Cc1ccc(OCCC(=O)O)c(-c2ccc(C(C)(C)O)cc2F)c1. The van der Waals surface area contributed by atoms with Gasteiger partial charge in [0.2, 0.25) is 0 Å². The minimum absolute atomic E-state index is 0.00870. The molecule has 0 saturated carbocycles.